The van der Waals surface area contributed by atoms with Gasteiger partial charge in [0.25, 0.3) is 0 Å². The fraction of sp³-hybridized carbons (Fsp3) is 0.533. The second-order valence-corrected chi connectivity index (χ2v) is 5.75. The molecule has 6 nitrogen and oxygen atoms in total. The Kier molecular flexibility index (Phi) is 3.88. The molecule has 1 atom stereocenters. The van der Waals surface area contributed by atoms with Crippen molar-refractivity contribution in [3.05, 3.63) is 17.3 Å². The number of aryl methyl sites for hydroxylation is 2. The molecule has 2 aromatic heterocycles. The van der Waals surface area contributed by atoms with Crippen LogP contribution in [0.5, 0.6) is 0 Å². The predicted octanol–water partition coefficient (Wildman–Crippen LogP) is 1.78. The van der Waals surface area contributed by atoms with Crippen LogP contribution in [0.2, 0.25) is 0 Å². The van der Waals surface area contributed by atoms with Gasteiger partial charge in [0.1, 0.15) is 5.82 Å². The first kappa shape index (κ1) is 14.0. The van der Waals surface area contributed by atoms with E-state index in [2.05, 4.69) is 25.6 Å². The van der Waals surface area contributed by atoms with E-state index in [9.17, 15) is 0 Å². The van der Waals surface area contributed by atoms with Gasteiger partial charge in [0.15, 0.2) is 5.65 Å². The van der Waals surface area contributed by atoms with Crippen molar-refractivity contribution in [2.45, 2.75) is 39.2 Å². The Labute approximate surface area is 124 Å². The number of anilines is 2. The lowest BCUT2D eigenvalue weighted by Gasteiger charge is -2.17. The van der Waals surface area contributed by atoms with Gasteiger partial charge in [-0.25, -0.2) is 4.98 Å². The molecule has 6 heteroatoms. The summed E-state index contributed by atoms with van der Waals surface area (Å²) in [5.74, 6) is 1.07. The van der Waals surface area contributed by atoms with Gasteiger partial charge in [0.2, 0.25) is 5.95 Å². The molecule has 1 unspecified atom stereocenters. The second-order valence-electron chi connectivity index (χ2n) is 5.75. The van der Waals surface area contributed by atoms with Gasteiger partial charge in [0.05, 0.1) is 5.39 Å². The first-order valence-corrected chi connectivity index (χ1v) is 7.52. The van der Waals surface area contributed by atoms with Crippen LogP contribution in [0, 0.1) is 13.8 Å². The summed E-state index contributed by atoms with van der Waals surface area (Å²) in [7, 11) is 0. The molecule has 3 rings (SSSR count). The van der Waals surface area contributed by atoms with E-state index < -0.39 is 0 Å². The van der Waals surface area contributed by atoms with Gasteiger partial charge in [-0.05, 0) is 44.9 Å². The summed E-state index contributed by atoms with van der Waals surface area (Å²) in [6.07, 6.45) is 3.55. The van der Waals surface area contributed by atoms with Crippen LogP contribution >= 0.6 is 0 Å². The fourth-order valence-corrected chi connectivity index (χ4v) is 2.90. The first-order chi connectivity index (χ1) is 10.1. The first-order valence-electron chi connectivity index (χ1n) is 7.52. The summed E-state index contributed by atoms with van der Waals surface area (Å²) in [4.78, 5) is 13.4. The molecule has 112 valence electrons. The molecule has 0 radical (unpaired) electrons. The Balaban J connectivity index is 1.92. The quantitative estimate of drug-likeness (QED) is 0.780. The molecule has 1 fully saturated rings. The SMILES string of the molecule is Cc1cc(C)c2c(N)nc(NC3CCCCNC3)nc2n1. The summed E-state index contributed by atoms with van der Waals surface area (Å²) in [6, 6.07) is 2.35. The Bertz CT molecular complexity index is 646. The molecule has 1 aliphatic rings. The molecular formula is C15H22N6. The van der Waals surface area contributed by atoms with E-state index in [4.69, 9.17) is 5.73 Å². The Morgan fingerprint density at radius 1 is 1.24 bits per heavy atom. The zero-order valence-corrected chi connectivity index (χ0v) is 12.6. The Morgan fingerprint density at radius 3 is 2.95 bits per heavy atom. The Hall–Kier alpha value is -1.95. The predicted molar refractivity (Wildman–Crippen MR) is 85.4 cm³/mol. The van der Waals surface area contributed by atoms with Crippen molar-refractivity contribution in [2.75, 3.05) is 24.1 Å². The van der Waals surface area contributed by atoms with Crippen LogP contribution < -0.4 is 16.4 Å². The molecule has 21 heavy (non-hydrogen) atoms. The van der Waals surface area contributed by atoms with Gasteiger partial charge in [0, 0.05) is 18.3 Å². The number of pyridine rings is 1. The number of rotatable bonds is 2. The van der Waals surface area contributed by atoms with Crippen molar-refractivity contribution < 1.29 is 0 Å². The zero-order valence-electron chi connectivity index (χ0n) is 12.6. The van der Waals surface area contributed by atoms with E-state index in [-0.39, 0.29) is 0 Å². The highest BCUT2D eigenvalue weighted by atomic mass is 15.2. The molecule has 0 aliphatic carbocycles. The number of nitrogens with zero attached hydrogens (tertiary/aromatic N) is 3. The second kappa shape index (κ2) is 5.81. The highest BCUT2D eigenvalue weighted by Gasteiger charge is 2.15. The van der Waals surface area contributed by atoms with Gasteiger partial charge < -0.3 is 16.4 Å². The van der Waals surface area contributed by atoms with Crippen LogP contribution in [0.25, 0.3) is 11.0 Å². The van der Waals surface area contributed by atoms with Gasteiger partial charge >= 0.3 is 0 Å². The summed E-state index contributed by atoms with van der Waals surface area (Å²) in [5, 5.41) is 7.66. The number of nitrogen functional groups attached to an aromatic ring is 1. The van der Waals surface area contributed by atoms with Crippen LogP contribution in [0.15, 0.2) is 6.07 Å². The van der Waals surface area contributed by atoms with E-state index in [1.807, 2.05) is 19.9 Å². The molecule has 1 saturated heterocycles. The highest BCUT2D eigenvalue weighted by molar-refractivity contribution is 5.89. The molecule has 0 saturated carbocycles. The van der Waals surface area contributed by atoms with Gasteiger partial charge in [-0.3, -0.25) is 0 Å². The van der Waals surface area contributed by atoms with Crippen molar-refractivity contribution in [3.8, 4) is 0 Å². The number of fused-ring (bicyclic) bond motifs is 1. The number of hydrogen-bond acceptors (Lipinski definition) is 6. The van der Waals surface area contributed by atoms with Crippen molar-refractivity contribution in [2.24, 2.45) is 0 Å². The third-order valence-electron chi connectivity index (χ3n) is 3.90. The molecule has 2 aromatic rings. The normalized spacial score (nSPS) is 19.4. The minimum atomic E-state index is 0.343. The lowest BCUT2D eigenvalue weighted by atomic mass is 10.1. The molecule has 0 bridgehead atoms. The van der Waals surface area contributed by atoms with Crippen LogP contribution in [0.3, 0.4) is 0 Å². The molecule has 0 amide bonds. The standard InChI is InChI=1S/C15H22N6/c1-9-7-10(2)18-14-12(9)13(16)20-15(21-14)19-11-5-3-4-6-17-8-11/h7,11,17H,3-6,8H2,1-2H3,(H3,16,18,19,20,21). The van der Waals surface area contributed by atoms with Crippen molar-refractivity contribution in [1.82, 2.24) is 20.3 Å². The molecule has 4 N–H and O–H groups in total. The molecule has 1 aliphatic heterocycles. The number of nitrogens with one attached hydrogen (secondary N) is 2. The van der Waals surface area contributed by atoms with Crippen molar-refractivity contribution >= 4 is 22.8 Å². The summed E-state index contributed by atoms with van der Waals surface area (Å²) < 4.78 is 0. The minimum absolute atomic E-state index is 0.343. The van der Waals surface area contributed by atoms with Crippen LogP contribution in [0.1, 0.15) is 30.5 Å². The zero-order chi connectivity index (χ0) is 14.8. The van der Waals surface area contributed by atoms with Crippen molar-refractivity contribution in [3.63, 3.8) is 0 Å². The summed E-state index contributed by atoms with van der Waals surface area (Å²) in [6.45, 7) is 5.99. The molecule has 3 heterocycles. The van der Waals surface area contributed by atoms with Crippen LogP contribution in [-0.2, 0) is 0 Å². The lowest BCUT2D eigenvalue weighted by molar-refractivity contribution is 0.631. The van der Waals surface area contributed by atoms with Gasteiger partial charge in [-0.2, -0.15) is 9.97 Å². The third kappa shape index (κ3) is 3.05. The van der Waals surface area contributed by atoms with E-state index in [1.54, 1.807) is 0 Å². The molecule has 0 aromatic carbocycles. The summed E-state index contributed by atoms with van der Waals surface area (Å²) >= 11 is 0. The average molecular weight is 286 g/mol. The Morgan fingerprint density at radius 2 is 2.10 bits per heavy atom. The molecular weight excluding hydrogens is 264 g/mol. The van der Waals surface area contributed by atoms with Crippen LogP contribution in [-0.4, -0.2) is 34.1 Å². The van der Waals surface area contributed by atoms with Crippen molar-refractivity contribution in [1.29, 1.82) is 0 Å². The fourth-order valence-electron chi connectivity index (χ4n) is 2.90. The van der Waals surface area contributed by atoms with E-state index in [1.165, 1.54) is 12.8 Å². The monoisotopic (exact) mass is 286 g/mol. The van der Waals surface area contributed by atoms with Gasteiger partial charge in [-0.15, -0.1) is 0 Å². The average Bonchev–Trinajstić information content (AvgIpc) is 2.65. The maximum atomic E-state index is 6.10. The number of aromatic nitrogens is 3. The smallest absolute Gasteiger partial charge is 0.226 e. The van der Waals surface area contributed by atoms with Gasteiger partial charge in [-0.1, -0.05) is 6.42 Å². The maximum Gasteiger partial charge on any atom is 0.226 e. The van der Waals surface area contributed by atoms with E-state index in [0.717, 1.165) is 36.2 Å². The van der Waals surface area contributed by atoms with Crippen LogP contribution in [0.4, 0.5) is 11.8 Å². The highest BCUT2D eigenvalue weighted by Crippen LogP contribution is 2.23. The largest absolute Gasteiger partial charge is 0.383 e. The topological polar surface area (TPSA) is 88.8 Å². The summed E-state index contributed by atoms with van der Waals surface area (Å²) in [5.41, 5.74) is 8.78. The van der Waals surface area contributed by atoms with E-state index >= 15 is 0 Å². The third-order valence-corrected chi connectivity index (χ3v) is 3.90. The van der Waals surface area contributed by atoms with E-state index in [0.29, 0.717) is 23.5 Å². The number of hydrogen-bond donors (Lipinski definition) is 3. The minimum Gasteiger partial charge on any atom is -0.383 e. The lowest BCUT2D eigenvalue weighted by Crippen LogP contribution is -2.31. The number of nitrogens with two attached hydrogens (primary N) is 1. The maximum absolute atomic E-state index is 6.10. The molecule has 0 spiro atoms.